The lowest BCUT2D eigenvalue weighted by Crippen LogP contribution is -2.22. The highest BCUT2D eigenvalue weighted by molar-refractivity contribution is 7.10. The summed E-state index contributed by atoms with van der Waals surface area (Å²) in [5.41, 5.74) is 1.23. The minimum absolute atomic E-state index is 0.410. The van der Waals surface area contributed by atoms with Gasteiger partial charge in [-0.2, -0.15) is 0 Å². The molecule has 1 atom stereocenters. The molecule has 0 aliphatic carbocycles. The van der Waals surface area contributed by atoms with E-state index < -0.39 is 0 Å². The SMILES string of the molecule is Cc1cc(CN(C)C(C)c2cccs2)oc1CNC(C)C. The zero-order valence-corrected chi connectivity index (χ0v) is 14.5. The summed E-state index contributed by atoms with van der Waals surface area (Å²) in [4.78, 5) is 3.71. The van der Waals surface area contributed by atoms with Gasteiger partial charge in [0, 0.05) is 17.0 Å². The van der Waals surface area contributed by atoms with Crippen molar-refractivity contribution < 1.29 is 4.42 Å². The van der Waals surface area contributed by atoms with Gasteiger partial charge in [-0.05, 0) is 44.0 Å². The van der Waals surface area contributed by atoms with Crippen LogP contribution in [0.1, 0.15) is 48.8 Å². The molecule has 4 heteroatoms. The van der Waals surface area contributed by atoms with Crippen molar-refractivity contribution in [2.24, 2.45) is 0 Å². The third-order valence-corrected chi connectivity index (χ3v) is 4.81. The molecule has 1 unspecified atom stereocenters. The Balaban J connectivity index is 1.98. The van der Waals surface area contributed by atoms with Gasteiger partial charge in [0.2, 0.25) is 0 Å². The molecule has 0 spiro atoms. The minimum Gasteiger partial charge on any atom is -0.463 e. The van der Waals surface area contributed by atoms with Gasteiger partial charge in [0.05, 0.1) is 13.1 Å². The van der Waals surface area contributed by atoms with Gasteiger partial charge in [0.1, 0.15) is 11.5 Å². The van der Waals surface area contributed by atoms with E-state index in [1.165, 1.54) is 10.4 Å². The highest BCUT2D eigenvalue weighted by Crippen LogP contribution is 2.25. The highest BCUT2D eigenvalue weighted by Gasteiger charge is 2.15. The smallest absolute Gasteiger partial charge is 0.120 e. The molecule has 0 saturated carbocycles. The molecule has 2 rings (SSSR count). The Labute approximate surface area is 132 Å². The van der Waals surface area contributed by atoms with Crippen molar-refractivity contribution in [1.82, 2.24) is 10.2 Å². The van der Waals surface area contributed by atoms with Crippen molar-refractivity contribution in [2.75, 3.05) is 7.05 Å². The number of thiophene rings is 1. The van der Waals surface area contributed by atoms with Crippen LogP contribution in [0, 0.1) is 6.92 Å². The molecule has 116 valence electrons. The van der Waals surface area contributed by atoms with Crippen LogP contribution in [0.2, 0.25) is 0 Å². The average Bonchev–Trinajstić information content (AvgIpc) is 3.05. The summed E-state index contributed by atoms with van der Waals surface area (Å²) < 4.78 is 6.00. The predicted octanol–water partition coefficient (Wildman–Crippen LogP) is 4.34. The summed E-state index contributed by atoms with van der Waals surface area (Å²) in [7, 11) is 2.15. The van der Waals surface area contributed by atoms with Gasteiger partial charge >= 0.3 is 0 Å². The lowest BCUT2D eigenvalue weighted by Gasteiger charge is -2.22. The number of rotatable bonds is 7. The second-order valence-corrected chi connectivity index (χ2v) is 6.94. The molecule has 1 N–H and O–H groups in total. The first-order chi connectivity index (χ1) is 9.97. The Morgan fingerprint density at radius 2 is 2.10 bits per heavy atom. The molecule has 2 heterocycles. The fraction of sp³-hybridized carbons (Fsp3) is 0.529. The maximum absolute atomic E-state index is 6.00. The summed E-state index contributed by atoms with van der Waals surface area (Å²) >= 11 is 1.81. The molecule has 2 aromatic heterocycles. The molecular weight excluding hydrogens is 280 g/mol. The lowest BCUT2D eigenvalue weighted by atomic mass is 10.2. The monoisotopic (exact) mass is 306 g/mol. The summed E-state index contributed by atoms with van der Waals surface area (Å²) in [5.74, 6) is 2.09. The molecular formula is C17H26N2OS. The Kier molecular flexibility index (Phi) is 5.62. The normalized spacial score (nSPS) is 13.3. The van der Waals surface area contributed by atoms with E-state index in [-0.39, 0.29) is 0 Å². The van der Waals surface area contributed by atoms with Crippen molar-refractivity contribution in [3.8, 4) is 0 Å². The molecule has 0 fully saturated rings. The number of furan rings is 1. The average molecular weight is 306 g/mol. The Morgan fingerprint density at radius 1 is 1.33 bits per heavy atom. The molecule has 0 aliphatic heterocycles. The van der Waals surface area contributed by atoms with Crippen molar-refractivity contribution in [3.63, 3.8) is 0 Å². The van der Waals surface area contributed by atoms with Crippen molar-refractivity contribution in [3.05, 3.63) is 45.5 Å². The fourth-order valence-electron chi connectivity index (χ4n) is 2.27. The van der Waals surface area contributed by atoms with Crippen LogP contribution in [0.3, 0.4) is 0 Å². The van der Waals surface area contributed by atoms with E-state index in [9.17, 15) is 0 Å². The second kappa shape index (κ2) is 7.25. The van der Waals surface area contributed by atoms with E-state index >= 15 is 0 Å². The van der Waals surface area contributed by atoms with Gasteiger partial charge in [-0.1, -0.05) is 19.9 Å². The van der Waals surface area contributed by atoms with Gasteiger partial charge < -0.3 is 9.73 Å². The van der Waals surface area contributed by atoms with E-state index in [0.29, 0.717) is 12.1 Å². The third kappa shape index (κ3) is 4.43. The summed E-state index contributed by atoms with van der Waals surface area (Å²) in [6.45, 7) is 10.3. The largest absolute Gasteiger partial charge is 0.463 e. The van der Waals surface area contributed by atoms with Crippen LogP contribution in [0.15, 0.2) is 28.0 Å². The molecule has 0 saturated heterocycles. The van der Waals surface area contributed by atoms with Crippen LogP contribution in [0.25, 0.3) is 0 Å². The van der Waals surface area contributed by atoms with Crippen LogP contribution < -0.4 is 5.32 Å². The van der Waals surface area contributed by atoms with E-state index in [4.69, 9.17) is 4.42 Å². The molecule has 0 bridgehead atoms. The summed E-state index contributed by atoms with van der Waals surface area (Å²) in [6, 6.07) is 7.34. The highest BCUT2D eigenvalue weighted by atomic mass is 32.1. The first kappa shape index (κ1) is 16.3. The topological polar surface area (TPSA) is 28.4 Å². The van der Waals surface area contributed by atoms with Gasteiger partial charge in [-0.3, -0.25) is 4.90 Å². The Hall–Kier alpha value is -1.10. The fourth-order valence-corrected chi connectivity index (χ4v) is 3.12. The number of hydrogen-bond donors (Lipinski definition) is 1. The molecule has 0 aliphatic rings. The molecule has 3 nitrogen and oxygen atoms in total. The maximum atomic E-state index is 6.00. The molecule has 0 amide bonds. The van der Waals surface area contributed by atoms with E-state index in [1.807, 2.05) is 11.3 Å². The first-order valence-corrected chi connectivity index (χ1v) is 8.40. The third-order valence-electron chi connectivity index (χ3n) is 3.76. The quantitative estimate of drug-likeness (QED) is 0.825. The van der Waals surface area contributed by atoms with Gasteiger partial charge in [0.25, 0.3) is 0 Å². The van der Waals surface area contributed by atoms with E-state index in [0.717, 1.165) is 24.6 Å². The standard InChI is InChI=1S/C17H26N2OS/c1-12(2)18-10-16-13(3)9-15(20-16)11-19(5)14(4)17-7-6-8-21-17/h6-9,12,14,18H,10-11H2,1-5H3. The first-order valence-electron chi connectivity index (χ1n) is 7.52. The van der Waals surface area contributed by atoms with Crippen LogP contribution in [-0.4, -0.2) is 18.0 Å². The number of hydrogen-bond acceptors (Lipinski definition) is 4. The molecule has 0 radical (unpaired) electrons. The Bertz CT molecular complexity index is 545. The van der Waals surface area contributed by atoms with Crippen molar-refractivity contribution >= 4 is 11.3 Å². The Morgan fingerprint density at radius 3 is 2.71 bits per heavy atom. The van der Waals surface area contributed by atoms with E-state index in [2.05, 4.69) is 68.5 Å². The van der Waals surface area contributed by atoms with Gasteiger partial charge in [-0.15, -0.1) is 11.3 Å². The number of aryl methyl sites for hydroxylation is 1. The summed E-state index contributed by atoms with van der Waals surface area (Å²) in [5, 5.41) is 5.54. The maximum Gasteiger partial charge on any atom is 0.120 e. The minimum atomic E-state index is 0.410. The molecule has 0 aromatic carbocycles. The predicted molar refractivity (Wildman–Crippen MR) is 89.6 cm³/mol. The second-order valence-electron chi connectivity index (χ2n) is 5.96. The number of nitrogens with zero attached hydrogens (tertiary/aromatic N) is 1. The van der Waals surface area contributed by atoms with Gasteiger partial charge in [-0.25, -0.2) is 0 Å². The van der Waals surface area contributed by atoms with Crippen LogP contribution >= 0.6 is 11.3 Å². The van der Waals surface area contributed by atoms with Crippen LogP contribution in [-0.2, 0) is 13.1 Å². The summed E-state index contributed by atoms with van der Waals surface area (Å²) in [6.07, 6.45) is 0. The molecule has 2 aromatic rings. The van der Waals surface area contributed by atoms with Crippen molar-refractivity contribution in [2.45, 2.75) is 52.9 Å². The number of nitrogens with one attached hydrogen (secondary N) is 1. The van der Waals surface area contributed by atoms with Gasteiger partial charge in [0.15, 0.2) is 0 Å². The van der Waals surface area contributed by atoms with Crippen LogP contribution in [0.4, 0.5) is 0 Å². The van der Waals surface area contributed by atoms with Crippen molar-refractivity contribution in [1.29, 1.82) is 0 Å². The zero-order chi connectivity index (χ0) is 15.4. The van der Waals surface area contributed by atoms with E-state index in [1.54, 1.807) is 0 Å². The lowest BCUT2D eigenvalue weighted by molar-refractivity contribution is 0.232. The van der Waals surface area contributed by atoms with Crippen LogP contribution in [0.5, 0.6) is 0 Å². The molecule has 21 heavy (non-hydrogen) atoms. The zero-order valence-electron chi connectivity index (χ0n) is 13.6.